The zero-order valence-corrected chi connectivity index (χ0v) is 12.7. The molecule has 9 heteroatoms. The largest absolute Gasteiger partial charge is 0.481 e. The summed E-state index contributed by atoms with van der Waals surface area (Å²) >= 11 is 0.828. The van der Waals surface area contributed by atoms with Crippen molar-refractivity contribution in [3.8, 4) is 11.8 Å². The molecule has 1 heterocycles. The molecule has 0 saturated heterocycles. The zero-order chi connectivity index (χ0) is 15.8. The summed E-state index contributed by atoms with van der Waals surface area (Å²) in [6, 6.07) is 1.48. The zero-order valence-electron chi connectivity index (χ0n) is 11.9. The Hall–Kier alpha value is -2.29. The fourth-order valence-corrected chi connectivity index (χ4v) is 1.92. The van der Waals surface area contributed by atoms with Crippen LogP contribution in [0.5, 0.6) is 11.8 Å². The number of thioether (sulfide) groups is 1. The second-order valence-corrected chi connectivity index (χ2v) is 4.37. The van der Waals surface area contributed by atoms with E-state index in [4.69, 9.17) is 9.47 Å². The molecule has 0 amide bonds. The van der Waals surface area contributed by atoms with Crippen molar-refractivity contribution in [2.45, 2.75) is 5.16 Å². The Morgan fingerprint density at radius 2 is 1.62 bits per heavy atom. The second-order valence-electron chi connectivity index (χ2n) is 3.36. The highest BCUT2D eigenvalue weighted by molar-refractivity contribution is 8.03. The van der Waals surface area contributed by atoms with Gasteiger partial charge in [0.25, 0.3) is 0 Å². The molecule has 0 aliphatic heterocycles. The second kappa shape index (κ2) is 8.10. The maximum Gasteiger partial charge on any atom is 0.345 e. The third-order valence-corrected chi connectivity index (χ3v) is 2.98. The van der Waals surface area contributed by atoms with Crippen LogP contribution in [0.15, 0.2) is 22.2 Å². The van der Waals surface area contributed by atoms with Crippen LogP contribution in [0.25, 0.3) is 0 Å². The van der Waals surface area contributed by atoms with Crippen molar-refractivity contribution in [3.63, 3.8) is 0 Å². The first-order chi connectivity index (χ1) is 10.0. The predicted octanol–water partition coefficient (Wildman–Crippen LogP) is 0.816. The monoisotopic (exact) mass is 314 g/mol. The van der Waals surface area contributed by atoms with Gasteiger partial charge in [0.1, 0.15) is 4.91 Å². The van der Waals surface area contributed by atoms with E-state index in [-0.39, 0.29) is 21.8 Å². The van der Waals surface area contributed by atoms with E-state index in [9.17, 15) is 9.59 Å². The summed E-state index contributed by atoms with van der Waals surface area (Å²) in [4.78, 5) is 31.0. The van der Waals surface area contributed by atoms with Gasteiger partial charge in [-0.05, 0) is 11.8 Å². The van der Waals surface area contributed by atoms with Gasteiger partial charge in [-0.1, -0.05) is 0 Å². The lowest BCUT2D eigenvalue weighted by molar-refractivity contribution is -0.137. The summed E-state index contributed by atoms with van der Waals surface area (Å²) in [5, 5.41) is 0.159. The van der Waals surface area contributed by atoms with Crippen LogP contribution in [0, 0.1) is 0 Å². The minimum Gasteiger partial charge on any atom is -0.481 e. The van der Waals surface area contributed by atoms with Crippen molar-refractivity contribution in [2.24, 2.45) is 0 Å². The smallest absolute Gasteiger partial charge is 0.345 e. The molecule has 0 N–H and O–H groups in total. The number of methoxy groups -OCH3 is 4. The average molecular weight is 314 g/mol. The molecule has 8 nitrogen and oxygen atoms in total. The molecule has 0 unspecified atom stereocenters. The highest BCUT2D eigenvalue weighted by Gasteiger charge is 2.17. The van der Waals surface area contributed by atoms with Gasteiger partial charge in [-0.3, -0.25) is 0 Å². The van der Waals surface area contributed by atoms with Crippen molar-refractivity contribution in [2.75, 3.05) is 28.4 Å². The summed E-state index contributed by atoms with van der Waals surface area (Å²) in [6.45, 7) is 0. The third kappa shape index (κ3) is 4.95. The Labute approximate surface area is 125 Å². The number of esters is 2. The number of carbonyl (C=O) groups is 2. The number of carbonyl (C=O) groups excluding carboxylic acids is 2. The van der Waals surface area contributed by atoms with E-state index in [2.05, 4.69) is 19.4 Å². The minimum absolute atomic E-state index is 0.0281. The number of aromatic nitrogens is 2. The van der Waals surface area contributed by atoms with Crippen molar-refractivity contribution in [1.29, 1.82) is 0 Å². The first kappa shape index (κ1) is 16.8. The molecule has 0 aromatic carbocycles. The first-order valence-corrected chi connectivity index (χ1v) is 6.38. The number of hydrogen-bond acceptors (Lipinski definition) is 9. The fourth-order valence-electron chi connectivity index (χ4n) is 1.13. The molecule has 0 aliphatic carbocycles. The molecule has 0 aliphatic rings. The van der Waals surface area contributed by atoms with E-state index in [1.807, 2.05) is 0 Å². The molecular weight excluding hydrogens is 300 g/mol. The molecule has 0 atom stereocenters. The maximum atomic E-state index is 11.6. The van der Waals surface area contributed by atoms with E-state index in [1.165, 1.54) is 34.5 Å². The van der Waals surface area contributed by atoms with E-state index < -0.39 is 11.9 Å². The first-order valence-electron chi connectivity index (χ1n) is 5.57. The Morgan fingerprint density at radius 1 is 1.05 bits per heavy atom. The van der Waals surface area contributed by atoms with Gasteiger partial charge in [0, 0.05) is 6.08 Å². The van der Waals surface area contributed by atoms with Crippen molar-refractivity contribution in [1.82, 2.24) is 9.97 Å². The van der Waals surface area contributed by atoms with Gasteiger partial charge in [0.2, 0.25) is 11.8 Å². The minimum atomic E-state index is -0.712. The molecule has 114 valence electrons. The molecule has 1 rings (SSSR count). The molecule has 0 radical (unpaired) electrons. The molecule has 1 aromatic rings. The van der Waals surface area contributed by atoms with Crippen LogP contribution in [0.1, 0.15) is 0 Å². The van der Waals surface area contributed by atoms with Crippen molar-refractivity contribution in [3.05, 3.63) is 17.0 Å². The lowest BCUT2D eigenvalue weighted by atomic mass is 10.5. The third-order valence-electron chi connectivity index (χ3n) is 2.11. The predicted molar refractivity (Wildman–Crippen MR) is 73.1 cm³/mol. The summed E-state index contributed by atoms with van der Waals surface area (Å²) in [6.07, 6.45) is 0.992. The van der Waals surface area contributed by atoms with Gasteiger partial charge >= 0.3 is 11.9 Å². The van der Waals surface area contributed by atoms with Gasteiger partial charge in [0.15, 0.2) is 5.16 Å². The van der Waals surface area contributed by atoms with Crippen LogP contribution in [0.4, 0.5) is 0 Å². The van der Waals surface area contributed by atoms with Gasteiger partial charge in [-0.2, -0.15) is 9.97 Å². The SMILES string of the molecule is COC(=O)/C=C(/Sc1nc(OC)cc(OC)n1)C(=O)OC. The van der Waals surface area contributed by atoms with Gasteiger partial charge < -0.3 is 18.9 Å². The van der Waals surface area contributed by atoms with Crippen molar-refractivity contribution < 1.29 is 28.5 Å². The van der Waals surface area contributed by atoms with E-state index >= 15 is 0 Å². The van der Waals surface area contributed by atoms with Crippen LogP contribution in [-0.2, 0) is 19.1 Å². The Bertz CT molecular complexity index is 538. The van der Waals surface area contributed by atoms with Gasteiger partial charge in [-0.15, -0.1) is 0 Å². The molecule has 21 heavy (non-hydrogen) atoms. The van der Waals surface area contributed by atoms with Gasteiger partial charge in [0.05, 0.1) is 34.5 Å². The van der Waals surface area contributed by atoms with E-state index in [0.717, 1.165) is 17.8 Å². The summed E-state index contributed by atoms with van der Waals surface area (Å²) in [5.74, 6) is -0.896. The number of rotatable bonds is 6. The standard InChI is InChI=1S/C12H14N2O6S/c1-17-8-6-9(18-2)14-12(13-8)21-7(11(16)20-4)5-10(15)19-3/h5-6H,1-4H3/b7-5+. The lowest BCUT2D eigenvalue weighted by Crippen LogP contribution is -2.07. The summed E-state index contributed by atoms with van der Waals surface area (Å²) < 4.78 is 19.1. The highest BCUT2D eigenvalue weighted by Crippen LogP contribution is 2.28. The van der Waals surface area contributed by atoms with Crippen LogP contribution >= 0.6 is 11.8 Å². The molecular formula is C12H14N2O6S. The Balaban J connectivity index is 3.11. The molecule has 0 fully saturated rings. The normalized spacial score (nSPS) is 10.8. The molecule has 0 saturated carbocycles. The Morgan fingerprint density at radius 3 is 2.05 bits per heavy atom. The fraction of sp³-hybridized carbons (Fsp3) is 0.333. The van der Waals surface area contributed by atoms with Crippen molar-refractivity contribution >= 4 is 23.7 Å². The summed E-state index contributed by atoms with van der Waals surface area (Å²) in [5.41, 5.74) is 0. The Kier molecular flexibility index (Phi) is 6.47. The molecule has 0 bridgehead atoms. The van der Waals surface area contributed by atoms with Gasteiger partial charge in [-0.25, -0.2) is 9.59 Å². The number of hydrogen-bond donors (Lipinski definition) is 0. The lowest BCUT2D eigenvalue weighted by Gasteiger charge is -2.07. The number of nitrogens with zero attached hydrogens (tertiary/aromatic N) is 2. The van der Waals surface area contributed by atoms with Crippen LogP contribution in [0.3, 0.4) is 0 Å². The van der Waals surface area contributed by atoms with Crippen LogP contribution < -0.4 is 9.47 Å². The molecule has 0 spiro atoms. The van der Waals surface area contributed by atoms with Crippen LogP contribution in [-0.4, -0.2) is 50.3 Å². The highest BCUT2D eigenvalue weighted by atomic mass is 32.2. The quantitative estimate of drug-likeness (QED) is 0.327. The molecule has 1 aromatic heterocycles. The van der Waals surface area contributed by atoms with E-state index in [0.29, 0.717) is 0 Å². The topological polar surface area (TPSA) is 96.8 Å². The number of ether oxygens (including phenoxy) is 4. The van der Waals surface area contributed by atoms with E-state index in [1.54, 1.807) is 0 Å². The average Bonchev–Trinajstić information content (AvgIpc) is 2.52. The maximum absolute atomic E-state index is 11.6. The van der Waals surface area contributed by atoms with Crippen LogP contribution in [0.2, 0.25) is 0 Å². The summed E-state index contributed by atoms with van der Waals surface area (Å²) in [7, 11) is 5.26.